The third kappa shape index (κ3) is 3.48. The van der Waals surface area contributed by atoms with Gasteiger partial charge in [0.1, 0.15) is 11.8 Å². The number of hydrogen-bond donors (Lipinski definition) is 1. The van der Waals surface area contributed by atoms with Gasteiger partial charge in [0.15, 0.2) is 0 Å². The smallest absolute Gasteiger partial charge is 0.322 e. The molecule has 0 aliphatic heterocycles. The van der Waals surface area contributed by atoms with Gasteiger partial charge in [-0.15, -0.1) is 0 Å². The maximum absolute atomic E-state index is 11.4. The molecule has 0 saturated carbocycles. The van der Waals surface area contributed by atoms with Crippen LogP contribution < -0.4 is 10.1 Å². The van der Waals surface area contributed by atoms with Crippen molar-refractivity contribution in [3.63, 3.8) is 0 Å². The van der Waals surface area contributed by atoms with E-state index in [2.05, 4.69) is 11.4 Å². The molecule has 4 heteroatoms. The summed E-state index contributed by atoms with van der Waals surface area (Å²) in [6.07, 6.45) is 0.565. The number of hydrogen-bond acceptors (Lipinski definition) is 4. The zero-order valence-electron chi connectivity index (χ0n) is 11.8. The zero-order valence-corrected chi connectivity index (χ0v) is 11.8. The van der Waals surface area contributed by atoms with Crippen LogP contribution in [0.15, 0.2) is 42.5 Å². The fraction of sp³-hybridized carbons (Fsp3) is 0.312. The second-order valence-corrected chi connectivity index (χ2v) is 4.51. The fourth-order valence-corrected chi connectivity index (χ4v) is 2.07. The van der Waals surface area contributed by atoms with E-state index in [1.165, 1.54) is 12.5 Å². The monoisotopic (exact) mass is 273 g/mol. The summed E-state index contributed by atoms with van der Waals surface area (Å²) in [5.74, 6) is 0.540. The van der Waals surface area contributed by atoms with E-state index in [-0.39, 0.29) is 12.0 Å². The van der Waals surface area contributed by atoms with E-state index in [1.807, 2.05) is 36.4 Å². The van der Waals surface area contributed by atoms with E-state index < -0.39 is 0 Å². The molecule has 0 aliphatic rings. The van der Waals surface area contributed by atoms with Crippen LogP contribution in [0.3, 0.4) is 0 Å². The van der Waals surface area contributed by atoms with E-state index in [9.17, 15) is 4.79 Å². The molecule has 0 heterocycles. The lowest BCUT2D eigenvalue weighted by Gasteiger charge is -2.14. The van der Waals surface area contributed by atoms with Gasteiger partial charge in [-0.2, -0.15) is 0 Å². The van der Waals surface area contributed by atoms with Crippen LogP contribution >= 0.6 is 0 Å². The normalized spacial score (nSPS) is 12.1. The third-order valence-electron chi connectivity index (χ3n) is 3.23. The number of carbonyl (C=O) groups is 1. The van der Waals surface area contributed by atoms with Crippen molar-refractivity contribution in [3.05, 3.63) is 42.5 Å². The number of likely N-dealkylation sites (N-methyl/N-ethyl adjacent to an activating group) is 1. The number of fused-ring (bicyclic) bond motifs is 1. The van der Waals surface area contributed by atoms with Crippen LogP contribution in [-0.2, 0) is 9.53 Å². The summed E-state index contributed by atoms with van der Waals surface area (Å²) in [6.45, 7) is 0.457. The molecule has 106 valence electrons. The standard InChI is InChI=1S/C16H19NO3/c1-17-15(16(18)19-2)9-10-20-14-8-7-12-5-3-4-6-13(12)11-14/h3-8,11,15,17H,9-10H2,1-2H3. The predicted octanol–water partition coefficient (Wildman–Crippen LogP) is 2.37. The Morgan fingerprint density at radius 3 is 2.65 bits per heavy atom. The summed E-state index contributed by atoms with van der Waals surface area (Å²) >= 11 is 0. The Morgan fingerprint density at radius 1 is 1.20 bits per heavy atom. The first kappa shape index (κ1) is 14.3. The first-order valence-corrected chi connectivity index (χ1v) is 6.61. The number of carbonyl (C=O) groups excluding carboxylic acids is 1. The first-order chi connectivity index (χ1) is 9.74. The second kappa shape index (κ2) is 6.91. The fourth-order valence-electron chi connectivity index (χ4n) is 2.07. The summed E-state index contributed by atoms with van der Waals surface area (Å²) in [4.78, 5) is 11.4. The van der Waals surface area contributed by atoms with Crippen molar-refractivity contribution in [1.82, 2.24) is 5.32 Å². The number of rotatable bonds is 6. The molecule has 2 aromatic rings. The van der Waals surface area contributed by atoms with Crippen molar-refractivity contribution in [2.45, 2.75) is 12.5 Å². The Bertz CT molecular complexity index is 583. The number of esters is 1. The van der Waals surface area contributed by atoms with Crippen molar-refractivity contribution < 1.29 is 14.3 Å². The minimum atomic E-state index is -0.333. The van der Waals surface area contributed by atoms with Gasteiger partial charge in [0.25, 0.3) is 0 Å². The molecule has 0 radical (unpaired) electrons. The molecule has 1 unspecified atom stereocenters. The van der Waals surface area contributed by atoms with Gasteiger partial charge in [-0.05, 0) is 30.0 Å². The minimum Gasteiger partial charge on any atom is -0.493 e. The highest BCUT2D eigenvalue weighted by atomic mass is 16.5. The molecule has 0 bridgehead atoms. The molecule has 0 aliphatic carbocycles. The van der Waals surface area contributed by atoms with Gasteiger partial charge < -0.3 is 14.8 Å². The molecule has 2 aromatic carbocycles. The van der Waals surface area contributed by atoms with Gasteiger partial charge in [-0.1, -0.05) is 30.3 Å². The van der Waals surface area contributed by atoms with Gasteiger partial charge in [0.2, 0.25) is 0 Å². The molecule has 0 fully saturated rings. The lowest BCUT2D eigenvalue weighted by molar-refractivity contribution is -0.143. The van der Waals surface area contributed by atoms with Crippen molar-refractivity contribution >= 4 is 16.7 Å². The van der Waals surface area contributed by atoms with Crippen LogP contribution in [0.5, 0.6) is 5.75 Å². The molecule has 20 heavy (non-hydrogen) atoms. The van der Waals surface area contributed by atoms with E-state index >= 15 is 0 Å². The van der Waals surface area contributed by atoms with Crippen LogP contribution in [0.1, 0.15) is 6.42 Å². The van der Waals surface area contributed by atoms with Crippen LogP contribution in [0.25, 0.3) is 10.8 Å². The Balaban J connectivity index is 1.94. The summed E-state index contributed by atoms with van der Waals surface area (Å²) in [7, 11) is 3.12. The highest BCUT2D eigenvalue weighted by Gasteiger charge is 2.16. The molecule has 2 rings (SSSR count). The van der Waals surface area contributed by atoms with E-state index in [0.717, 1.165) is 11.1 Å². The molecule has 0 spiro atoms. The lowest BCUT2D eigenvalue weighted by Crippen LogP contribution is -2.36. The molecule has 4 nitrogen and oxygen atoms in total. The van der Waals surface area contributed by atoms with Gasteiger partial charge >= 0.3 is 5.97 Å². The number of nitrogens with one attached hydrogen (secondary N) is 1. The summed E-state index contributed by atoms with van der Waals surface area (Å²) < 4.78 is 10.4. The van der Waals surface area contributed by atoms with Crippen molar-refractivity contribution in [2.75, 3.05) is 20.8 Å². The highest BCUT2D eigenvalue weighted by Crippen LogP contribution is 2.20. The Hall–Kier alpha value is -2.07. The number of methoxy groups -OCH3 is 1. The molecule has 1 N–H and O–H groups in total. The van der Waals surface area contributed by atoms with E-state index in [1.54, 1.807) is 7.05 Å². The molecule has 0 saturated heterocycles. The van der Waals surface area contributed by atoms with Gasteiger partial charge in [0, 0.05) is 6.42 Å². The molecular formula is C16H19NO3. The molecule has 0 aromatic heterocycles. The van der Waals surface area contributed by atoms with Gasteiger partial charge in [-0.3, -0.25) is 4.79 Å². The molecular weight excluding hydrogens is 254 g/mol. The second-order valence-electron chi connectivity index (χ2n) is 4.51. The first-order valence-electron chi connectivity index (χ1n) is 6.61. The molecule has 0 amide bonds. The van der Waals surface area contributed by atoms with Crippen molar-refractivity contribution in [3.8, 4) is 5.75 Å². The third-order valence-corrected chi connectivity index (χ3v) is 3.23. The SMILES string of the molecule is CNC(CCOc1ccc2ccccc2c1)C(=O)OC. The Labute approximate surface area is 118 Å². The summed E-state index contributed by atoms with van der Waals surface area (Å²) in [5, 5.41) is 5.24. The highest BCUT2D eigenvalue weighted by molar-refractivity contribution is 5.83. The maximum Gasteiger partial charge on any atom is 0.322 e. The quantitative estimate of drug-likeness (QED) is 0.821. The van der Waals surface area contributed by atoms with E-state index in [4.69, 9.17) is 9.47 Å². The van der Waals surface area contributed by atoms with Crippen LogP contribution in [0, 0.1) is 0 Å². The number of benzene rings is 2. The topological polar surface area (TPSA) is 47.6 Å². The zero-order chi connectivity index (χ0) is 14.4. The Morgan fingerprint density at radius 2 is 1.95 bits per heavy atom. The Kier molecular flexibility index (Phi) is 4.96. The maximum atomic E-state index is 11.4. The van der Waals surface area contributed by atoms with Crippen molar-refractivity contribution in [2.24, 2.45) is 0 Å². The van der Waals surface area contributed by atoms with Crippen LogP contribution in [0.2, 0.25) is 0 Å². The average molecular weight is 273 g/mol. The number of ether oxygens (including phenoxy) is 2. The van der Waals surface area contributed by atoms with Crippen molar-refractivity contribution in [1.29, 1.82) is 0 Å². The van der Waals surface area contributed by atoms with Gasteiger partial charge in [0.05, 0.1) is 13.7 Å². The lowest BCUT2D eigenvalue weighted by atomic mass is 10.1. The molecule has 1 atom stereocenters. The summed E-state index contributed by atoms with van der Waals surface area (Å²) in [6, 6.07) is 13.8. The predicted molar refractivity (Wildman–Crippen MR) is 78.9 cm³/mol. The van der Waals surface area contributed by atoms with Crippen LogP contribution in [0.4, 0.5) is 0 Å². The van der Waals surface area contributed by atoms with E-state index in [0.29, 0.717) is 13.0 Å². The average Bonchev–Trinajstić information content (AvgIpc) is 2.50. The van der Waals surface area contributed by atoms with Gasteiger partial charge in [-0.25, -0.2) is 0 Å². The minimum absolute atomic E-state index is 0.269. The largest absolute Gasteiger partial charge is 0.493 e. The van der Waals surface area contributed by atoms with Crippen LogP contribution in [-0.4, -0.2) is 32.8 Å². The summed E-state index contributed by atoms with van der Waals surface area (Å²) in [5.41, 5.74) is 0.